The third-order valence-electron chi connectivity index (χ3n) is 2.63. The molecule has 0 spiro atoms. The van der Waals surface area contributed by atoms with Gasteiger partial charge in [-0.2, -0.15) is 0 Å². The molecule has 0 bridgehead atoms. The van der Waals surface area contributed by atoms with E-state index in [1.165, 1.54) is 24.3 Å². The standard InChI is InChI=1S/C13H11FN2O4S/c14-11-7-10(21(15,19)20)4-5-12(11)16-13(18)8-2-1-3-9(17)6-8/h1-7,17H,(H,16,18)(H2,15,19,20). The molecule has 0 radical (unpaired) electrons. The van der Waals surface area contributed by atoms with Crippen LogP contribution in [0.1, 0.15) is 10.4 Å². The fraction of sp³-hybridized carbons (Fsp3) is 0. The molecule has 0 aliphatic rings. The largest absolute Gasteiger partial charge is 0.508 e. The van der Waals surface area contributed by atoms with E-state index in [4.69, 9.17) is 5.14 Å². The molecule has 4 N–H and O–H groups in total. The molecule has 2 aromatic carbocycles. The summed E-state index contributed by atoms with van der Waals surface area (Å²) in [5.74, 6) is -1.68. The van der Waals surface area contributed by atoms with E-state index in [-0.39, 0.29) is 17.0 Å². The van der Waals surface area contributed by atoms with Crippen LogP contribution in [0, 0.1) is 5.82 Å². The normalized spacial score (nSPS) is 11.1. The van der Waals surface area contributed by atoms with Crippen LogP contribution in [0.3, 0.4) is 0 Å². The van der Waals surface area contributed by atoms with E-state index in [0.29, 0.717) is 6.07 Å². The average Bonchev–Trinajstić information content (AvgIpc) is 2.39. The van der Waals surface area contributed by atoms with Gasteiger partial charge in [0.1, 0.15) is 11.6 Å². The molecule has 0 saturated carbocycles. The van der Waals surface area contributed by atoms with Gasteiger partial charge in [0.05, 0.1) is 10.6 Å². The van der Waals surface area contributed by atoms with Crippen molar-refractivity contribution in [3.8, 4) is 5.75 Å². The molecule has 0 heterocycles. The first-order valence-corrected chi connectivity index (χ1v) is 7.25. The van der Waals surface area contributed by atoms with E-state index in [1.807, 2.05) is 0 Å². The van der Waals surface area contributed by atoms with Crippen molar-refractivity contribution in [2.45, 2.75) is 4.90 Å². The zero-order valence-corrected chi connectivity index (χ0v) is 11.4. The number of primary sulfonamides is 1. The highest BCUT2D eigenvalue weighted by Gasteiger charge is 2.14. The summed E-state index contributed by atoms with van der Waals surface area (Å²) in [5.41, 5.74) is -0.0688. The number of hydrogen-bond donors (Lipinski definition) is 3. The topological polar surface area (TPSA) is 109 Å². The van der Waals surface area contributed by atoms with E-state index < -0.39 is 26.6 Å². The van der Waals surface area contributed by atoms with Crippen molar-refractivity contribution < 1.29 is 22.7 Å². The molecule has 0 atom stereocenters. The third kappa shape index (κ3) is 3.56. The maximum atomic E-state index is 13.8. The van der Waals surface area contributed by atoms with Gasteiger partial charge in [-0.25, -0.2) is 17.9 Å². The Morgan fingerprint density at radius 3 is 2.48 bits per heavy atom. The lowest BCUT2D eigenvalue weighted by atomic mass is 10.2. The van der Waals surface area contributed by atoms with Gasteiger partial charge in [0.15, 0.2) is 0 Å². The molecule has 8 heteroatoms. The van der Waals surface area contributed by atoms with E-state index in [9.17, 15) is 22.7 Å². The van der Waals surface area contributed by atoms with Crippen LogP contribution in [0.25, 0.3) is 0 Å². The number of benzene rings is 2. The van der Waals surface area contributed by atoms with Gasteiger partial charge in [0.25, 0.3) is 5.91 Å². The van der Waals surface area contributed by atoms with E-state index in [0.717, 1.165) is 12.1 Å². The zero-order chi connectivity index (χ0) is 15.6. The lowest BCUT2D eigenvalue weighted by molar-refractivity contribution is 0.102. The molecule has 2 aromatic rings. The number of aromatic hydroxyl groups is 1. The summed E-state index contributed by atoms with van der Waals surface area (Å²) in [6.45, 7) is 0. The summed E-state index contributed by atoms with van der Waals surface area (Å²) >= 11 is 0. The van der Waals surface area contributed by atoms with E-state index in [2.05, 4.69) is 5.32 Å². The Labute approximate surface area is 120 Å². The number of carbonyl (C=O) groups excluding carboxylic acids is 1. The monoisotopic (exact) mass is 310 g/mol. The summed E-state index contributed by atoms with van der Waals surface area (Å²) in [5, 5.41) is 16.4. The summed E-state index contributed by atoms with van der Waals surface area (Å²) in [6, 6.07) is 8.39. The van der Waals surface area contributed by atoms with Crippen LogP contribution < -0.4 is 10.5 Å². The fourth-order valence-electron chi connectivity index (χ4n) is 1.62. The van der Waals surface area contributed by atoms with Gasteiger partial charge in [0, 0.05) is 5.56 Å². The van der Waals surface area contributed by atoms with Gasteiger partial charge >= 0.3 is 0 Å². The number of phenols is 1. The molecule has 21 heavy (non-hydrogen) atoms. The molecule has 0 unspecified atom stereocenters. The minimum Gasteiger partial charge on any atom is -0.508 e. The first-order valence-electron chi connectivity index (χ1n) is 5.70. The highest BCUT2D eigenvalue weighted by Crippen LogP contribution is 2.19. The van der Waals surface area contributed by atoms with E-state index >= 15 is 0 Å². The number of anilines is 1. The fourth-order valence-corrected chi connectivity index (χ4v) is 2.14. The Hall–Kier alpha value is -2.45. The van der Waals surface area contributed by atoms with Gasteiger partial charge in [-0.3, -0.25) is 4.79 Å². The minimum atomic E-state index is -4.01. The molecule has 2 rings (SSSR count). The summed E-state index contributed by atoms with van der Waals surface area (Å²) in [7, 11) is -4.01. The first kappa shape index (κ1) is 14.9. The average molecular weight is 310 g/mol. The molecule has 0 aliphatic heterocycles. The minimum absolute atomic E-state index is 0.104. The number of phenolic OH excluding ortho intramolecular Hbond substituents is 1. The van der Waals surface area contributed by atoms with Crippen LogP contribution in [-0.4, -0.2) is 19.4 Å². The van der Waals surface area contributed by atoms with Crippen molar-refractivity contribution >= 4 is 21.6 Å². The molecular weight excluding hydrogens is 299 g/mol. The number of nitrogens with two attached hydrogens (primary N) is 1. The molecule has 0 saturated heterocycles. The van der Waals surface area contributed by atoms with Crippen molar-refractivity contribution in [1.82, 2.24) is 0 Å². The summed E-state index contributed by atoms with van der Waals surface area (Å²) < 4.78 is 35.9. The molecule has 0 fully saturated rings. The molecular formula is C13H11FN2O4S. The van der Waals surface area contributed by atoms with Crippen LogP contribution in [0.5, 0.6) is 5.75 Å². The molecule has 0 aromatic heterocycles. The summed E-state index contributed by atoms with van der Waals surface area (Å²) in [6.07, 6.45) is 0. The predicted molar refractivity (Wildman–Crippen MR) is 73.8 cm³/mol. The van der Waals surface area contributed by atoms with Crippen LogP contribution in [0.15, 0.2) is 47.4 Å². The number of nitrogens with one attached hydrogen (secondary N) is 1. The quantitative estimate of drug-likeness (QED) is 0.796. The Kier molecular flexibility index (Phi) is 3.92. The first-order chi connectivity index (χ1) is 9.77. The van der Waals surface area contributed by atoms with Gasteiger partial charge < -0.3 is 10.4 Å². The third-order valence-corrected chi connectivity index (χ3v) is 3.54. The van der Waals surface area contributed by atoms with Crippen molar-refractivity contribution in [1.29, 1.82) is 0 Å². The second-order valence-electron chi connectivity index (χ2n) is 4.19. The van der Waals surface area contributed by atoms with Crippen molar-refractivity contribution in [3.63, 3.8) is 0 Å². The second kappa shape index (κ2) is 5.51. The Bertz CT molecular complexity index is 806. The van der Waals surface area contributed by atoms with Crippen molar-refractivity contribution in [2.75, 3.05) is 5.32 Å². The lowest BCUT2D eigenvalue weighted by Crippen LogP contribution is -2.15. The van der Waals surface area contributed by atoms with Gasteiger partial charge in [-0.15, -0.1) is 0 Å². The number of carbonyl (C=O) groups is 1. The number of sulfonamides is 1. The highest BCUT2D eigenvalue weighted by molar-refractivity contribution is 7.89. The Balaban J connectivity index is 2.26. The smallest absolute Gasteiger partial charge is 0.255 e. The predicted octanol–water partition coefficient (Wildman–Crippen LogP) is 1.43. The van der Waals surface area contributed by atoms with Crippen LogP contribution in [0.4, 0.5) is 10.1 Å². The molecule has 6 nitrogen and oxygen atoms in total. The molecule has 110 valence electrons. The lowest BCUT2D eigenvalue weighted by Gasteiger charge is -2.08. The number of amides is 1. The number of halogens is 1. The van der Waals surface area contributed by atoms with Crippen molar-refractivity contribution in [3.05, 3.63) is 53.8 Å². The van der Waals surface area contributed by atoms with Crippen LogP contribution >= 0.6 is 0 Å². The highest BCUT2D eigenvalue weighted by atomic mass is 32.2. The Morgan fingerprint density at radius 2 is 1.90 bits per heavy atom. The Morgan fingerprint density at radius 1 is 1.19 bits per heavy atom. The van der Waals surface area contributed by atoms with Gasteiger partial charge in [-0.1, -0.05) is 6.07 Å². The van der Waals surface area contributed by atoms with Crippen molar-refractivity contribution in [2.24, 2.45) is 5.14 Å². The maximum Gasteiger partial charge on any atom is 0.255 e. The zero-order valence-electron chi connectivity index (χ0n) is 10.6. The van der Waals surface area contributed by atoms with Crippen LogP contribution in [-0.2, 0) is 10.0 Å². The molecule has 1 amide bonds. The van der Waals surface area contributed by atoms with E-state index in [1.54, 1.807) is 0 Å². The van der Waals surface area contributed by atoms with Crippen LogP contribution in [0.2, 0.25) is 0 Å². The van der Waals surface area contributed by atoms with Gasteiger partial charge in [0.2, 0.25) is 10.0 Å². The number of hydrogen-bond acceptors (Lipinski definition) is 4. The van der Waals surface area contributed by atoms with Gasteiger partial charge in [-0.05, 0) is 36.4 Å². The molecule has 0 aliphatic carbocycles. The second-order valence-corrected chi connectivity index (χ2v) is 5.75. The number of rotatable bonds is 3. The summed E-state index contributed by atoms with van der Waals surface area (Å²) in [4.78, 5) is 11.5. The SMILES string of the molecule is NS(=O)(=O)c1ccc(NC(=O)c2cccc(O)c2)c(F)c1. The maximum absolute atomic E-state index is 13.8.